The molecule has 0 aliphatic heterocycles. The molecule has 0 spiro atoms. The lowest BCUT2D eigenvalue weighted by molar-refractivity contribution is 0.785. The molecule has 0 radical (unpaired) electrons. The Morgan fingerprint density at radius 3 is 2.65 bits per heavy atom. The molecule has 6 nitrogen and oxygen atoms in total. The van der Waals surface area contributed by atoms with Gasteiger partial charge in [-0.2, -0.15) is 4.98 Å². The lowest BCUT2D eigenvalue weighted by Gasteiger charge is -2.02. The van der Waals surface area contributed by atoms with E-state index in [2.05, 4.69) is 32.3 Å². The first-order chi connectivity index (χ1) is 9.72. The lowest BCUT2D eigenvalue weighted by atomic mass is 10.1. The summed E-state index contributed by atoms with van der Waals surface area (Å²) >= 11 is 0. The maximum Gasteiger partial charge on any atom is 0.349 e. The summed E-state index contributed by atoms with van der Waals surface area (Å²) in [5.41, 5.74) is 1.75. The highest BCUT2D eigenvalue weighted by Crippen LogP contribution is 2.06. The highest BCUT2D eigenvalue weighted by atomic mass is 16.1. The van der Waals surface area contributed by atoms with Gasteiger partial charge in [-0.1, -0.05) is 30.3 Å². The van der Waals surface area contributed by atoms with Crippen LogP contribution in [-0.2, 0) is 19.9 Å². The normalized spacial score (nSPS) is 10.8. The third kappa shape index (κ3) is 2.54. The van der Waals surface area contributed by atoms with Gasteiger partial charge in [-0.3, -0.25) is 4.57 Å². The highest BCUT2D eigenvalue weighted by molar-refractivity contribution is 5.66. The van der Waals surface area contributed by atoms with Crippen LogP contribution in [0.3, 0.4) is 0 Å². The van der Waals surface area contributed by atoms with E-state index in [1.807, 2.05) is 18.2 Å². The van der Waals surface area contributed by atoms with E-state index >= 15 is 0 Å². The fourth-order valence-corrected chi connectivity index (χ4v) is 1.95. The van der Waals surface area contributed by atoms with Crippen LogP contribution >= 0.6 is 0 Å². The lowest BCUT2D eigenvalue weighted by Crippen LogP contribution is -2.20. The fraction of sp³-hybridized carbons (Fsp3) is 0.214. The number of rotatable bonds is 3. The van der Waals surface area contributed by atoms with Gasteiger partial charge in [0.15, 0.2) is 5.82 Å². The molecule has 3 rings (SSSR count). The van der Waals surface area contributed by atoms with Crippen molar-refractivity contribution in [2.45, 2.75) is 12.8 Å². The molecule has 2 heterocycles. The second kappa shape index (κ2) is 5.16. The van der Waals surface area contributed by atoms with Crippen LogP contribution in [0.5, 0.6) is 0 Å². The minimum Gasteiger partial charge on any atom is -0.300 e. The Morgan fingerprint density at radius 1 is 1.05 bits per heavy atom. The molecule has 0 fully saturated rings. The van der Waals surface area contributed by atoms with Gasteiger partial charge in [-0.25, -0.2) is 9.78 Å². The van der Waals surface area contributed by atoms with E-state index in [1.54, 1.807) is 13.2 Å². The summed E-state index contributed by atoms with van der Waals surface area (Å²) in [6, 6.07) is 10.1. The standard InChI is InChI=1S/C14H13N5O/c1-19-9-11-13(16-14(19)20)18-17-12(15-11)8-7-10-5-3-2-4-6-10/h2-6,9H,7-8H2,1H3. The largest absolute Gasteiger partial charge is 0.349 e. The van der Waals surface area contributed by atoms with Crippen molar-refractivity contribution < 1.29 is 0 Å². The van der Waals surface area contributed by atoms with Gasteiger partial charge in [0.25, 0.3) is 0 Å². The van der Waals surface area contributed by atoms with Crippen LogP contribution in [0.15, 0.2) is 41.3 Å². The summed E-state index contributed by atoms with van der Waals surface area (Å²) in [4.78, 5) is 19.6. The van der Waals surface area contributed by atoms with Crippen molar-refractivity contribution in [3.8, 4) is 0 Å². The average Bonchev–Trinajstić information content (AvgIpc) is 2.47. The Labute approximate surface area is 115 Å². The van der Waals surface area contributed by atoms with E-state index in [4.69, 9.17) is 0 Å². The van der Waals surface area contributed by atoms with Crippen molar-refractivity contribution in [2.75, 3.05) is 0 Å². The Hall–Kier alpha value is -2.63. The van der Waals surface area contributed by atoms with Crippen LogP contribution < -0.4 is 5.69 Å². The molecule has 0 bridgehead atoms. The van der Waals surface area contributed by atoms with E-state index in [0.29, 0.717) is 17.8 Å². The van der Waals surface area contributed by atoms with Crippen LogP contribution in [-0.4, -0.2) is 24.7 Å². The zero-order valence-electron chi connectivity index (χ0n) is 11.0. The van der Waals surface area contributed by atoms with Gasteiger partial charge < -0.3 is 0 Å². The van der Waals surface area contributed by atoms with Crippen molar-refractivity contribution in [2.24, 2.45) is 7.05 Å². The van der Waals surface area contributed by atoms with Crippen molar-refractivity contribution >= 4 is 11.2 Å². The Morgan fingerprint density at radius 2 is 1.85 bits per heavy atom. The van der Waals surface area contributed by atoms with Gasteiger partial charge in [0.2, 0.25) is 5.65 Å². The molecule has 0 saturated heterocycles. The topological polar surface area (TPSA) is 73.6 Å². The molecule has 100 valence electrons. The molecule has 0 atom stereocenters. The number of aromatic nitrogens is 5. The first-order valence-corrected chi connectivity index (χ1v) is 6.33. The minimum absolute atomic E-state index is 0.288. The summed E-state index contributed by atoms with van der Waals surface area (Å²) in [7, 11) is 1.64. The third-order valence-electron chi connectivity index (χ3n) is 3.04. The molecule has 20 heavy (non-hydrogen) atoms. The smallest absolute Gasteiger partial charge is 0.300 e. The molecule has 0 aliphatic rings. The Bertz CT molecular complexity index is 798. The minimum atomic E-state index is -0.356. The number of hydrogen-bond acceptors (Lipinski definition) is 5. The van der Waals surface area contributed by atoms with Gasteiger partial charge in [-0.15, -0.1) is 10.2 Å². The zero-order valence-corrected chi connectivity index (χ0v) is 11.0. The van der Waals surface area contributed by atoms with Gasteiger partial charge in [0, 0.05) is 19.7 Å². The third-order valence-corrected chi connectivity index (χ3v) is 3.04. The summed E-state index contributed by atoms with van der Waals surface area (Å²) in [6.07, 6.45) is 3.19. The first kappa shape index (κ1) is 12.4. The molecule has 0 aliphatic carbocycles. The van der Waals surface area contributed by atoms with Crippen molar-refractivity contribution in [3.05, 3.63) is 58.4 Å². The predicted molar refractivity (Wildman–Crippen MR) is 74.2 cm³/mol. The second-order valence-corrected chi connectivity index (χ2v) is 4.56. The summed E-state index contributed by atoms with van der Waals surface area (Å²) in [5.74, 6) is 0.654. The molecular formula is C14H13N5O. The van der Waals surface area contributed by atoms with Crippen molar-refractivity contribution in [3.63, 3.8) is 0 Å². The molecule has 1 aromatic carbocycles. The SMILES string of the molecule is Cn1cc2nc(CCc3ccccc3)nnc2nc1=O. The Kier molecular flexibility index (Phi) is 3.20. The summed E-state index contributed by atoms with van der Waals surface area (Å²) in [6.45, 7) is 0. The van der Waals surface area contributed by atoms with Gasteiger partial charge in [0.05, 0.1) is 0 Å². The van der Waals surface area contributed by atoms with Gasteiger partial charge in [-0.05, 0) is 12.0 Å². The van der Waals surface area contributed by atoms with Crippen LogP contribution in [0.25, 0.3) is 11.2 Å². The number of benzene rings is 1. The number of fused-ring (bicyclic) bond motifs is 1. The Balaban J connectivity index is 1.86. The molecular weight excluding hydrogens is 254 g/mol. The zero-order chi connectivity index (χ0) is 13.9. The van der Waals surface area contributed by atoms with Crippen LogP contribution in [0.4, 0.5) is 0 Å². The van der Waals surface area contributed by atoms with Gasteiger partial charge in [0.1, 0.15) is 5.52 Å². The number of nitrogens with zero attached hydrogens (tertiary/aromatic N) is 5. The second-order valence-electron chi connectivity index (χ2n) is 4.56. The molecule has 2 aromatic heterocycles. The average molecular weight is 267 g/mol. The van der Waals surface area contributed by atoms with Gasteiger partial charge >= 0.3 is 5.69 Å². The van der Waals surface area contributed by atoms with Crippen molar-refractivity contribution in [1.29, 1.82) is 0 Å². The molecule has 3 aromatic rings. The maximum atomic E-state index is 11.4. The highest BCUT2D eigenvalue weighted by Gasteiger charge is 2.05. The predicted octanol–water partition coefficient (Wildman–Crippen LogP) is 0.904. The van der Waals surface area contributed by atoms with E-state index in [0.717, 1.165) is 6.42 Å². The quantitative estimate of drug-likeness (QED) is 0.705. The van der Waals surface area contributed by atoms with Crippen molar-refractivity contribution in [1.82, 2.24) is 24.7 Å². The van der Waals surface area contributed by atoms with E-state index in [-0.39, 0.29) is 11.3 Å². The van der Waals surface area contributed by atoms with Crippen LogP contribution in [0.2, 0.25) is 0 Å². The van der Waals surface area contributed by atoms with E-state index < -0.39 is 0 Å². The monoisotopic (exact) mass is 267 g/mol. The molecule has 0 amide bonds. The number of hydrogen-bond donors (Lipinski definition) is 0. The number of aryl methyl sites for hydroxylation is 3. The first-order valence-electron chi connectivity index (χ1n) is 6.33. The molecule has 0 unspecified atom stereocenters. The van der Waals surface area contributed by atoms with E-state index in [9.17, 15) is 4.79 Å². The fourth-order valence-electron chi connectivity index (χ4n) is 1.95. The molecule has 0 N–H and O–H groups in total. The molecule has 0 saturated carbocycles. The maximum absolute atomic E-state index is 11.4. The summed E-state index contributed by atoms with van der Waals surface area (Å²) in [5, 5.41) is 7.98. The molecule has 6 heteroatoms. The van der Waals surface area contributed by atoms with E-state index in [1.165, 1.54) is 10.1 Å². The summed E-state index contributed by atoms with van der Waals surface area (Å²) < 4.78 is 1.39. The van der Waals surface area contributed by atoms with Crippen LogP contribution in [0.1, 0.15) is 11.4 Å². The van der Waals surface area contributed by atoms with Crippen LogP contribution in [0, 0.1) is 0 Å².